The minimum absolute atomic E-state index is 0.0529. The lowest BCUT2D eigenvalue weighted by atomic mass is 9.84. The number of carbonyl (C=O) groups excluding carboxylic acids is 1. The van der Waals surface area contributed by atoms with Crippen molar-refractivity contribution in [3.63, 3.8) is 0 Å². The Kier molecular flexibility index (Phi) is 4.39. The third-order valence-corrected chi connectivity index (χ3v) is 2.82. The van der Waals surface area contributed by atoms with Crippen molar-refractivity contribution in [1.82, 2.24) is 5.32 Å². The van der Waals surface area contributed by atoms with E-state index in [-0.39, 0.29) is 11.9 Å². The predicted octanol–water partition coefficient (Wildman–Crippen LogP) is 1.72. The highest BCUT2D eigenvalue weighted by atomic mass is 16.5. The molecule has 3 nitrogen and oxygen atoms in total. The predicted molar refractivity (Wildman–Crippen MR) is 56.0 cm³/mol. The lowest BCUT2D eigenvalue weighted by Gasteiger charge is -2.31. The second-order valence-electron chi connectivity index (χ2n) is 4.34. The van der Waals surface area contributed by atoms with E-state index in [2.05, 4.69) is 19.2 Å². The molecule has 1 rings (SSSR count). The van der Waals surface area contributed by atoms with Crippen LogP contribution in [0.1, 0.15) is 39.5 Å². The van der Waals surface area contributed by atoms with Gasteiger partial charge in [0.1, 0.15) is 0 Å². The molecule has 0 spiro atoms. The Morgan fingerprint density at radius 3 is 2.57 bits per heavy atom. The molecule has 1 fully saturated rings. The number of rotatable bonds is 3. The first-order valence-electron chi connectivity index (χ1n) is 5.49. The molecule has 1 aliphatic rings. The highest BCUT2D eigenvalue weighted by molar-refractivity contribution is 5.73. The molecule has 2 unspecified atom stereocenters. The van der Waals surface area contributed by atoms with Gasteiger partial charge in [0.25, 0.3) is 0 Å². The molecule has 0 aromatic carbocycles. The van der Waals surface area contributed by atoms with E-state index in [1.54, 1.807) is 0 Å². The molecule has 3 heteroatoms. The van der Waals surface area contributed by atoms with Gasteiger partial charge in [-0.1, -0.05) is 26.7 Å². The second kappa shape index (κ2) is 5.35. The van der Waals surface area contributed by atoms with Crippen molar-refractivity contribution in [3.8, 4) is 0 Å². The van der Waals surface area contributed by atoms with Gasteiger partial charge in [0, 0.05) is 12.1 Å². The summed E-state index contributed by atoms with van der Waals surface area (Å²) in [5.74, 6) is 0.0130. The molecule has 1 saturated carbocycles. The van der Waals surface area contributed by atoms with Gasteiger partial charge in [-0.05, 0) is 12.8 Å². The molecular weight excluding hydrogens is 178 g/mol. The van der Waals surface area contributed by atoms with E-state index in [1.807, 2.05) is 0 Å². The van der Waals surface area contributed by atoms with Gasteiger partial charge in [-0.3, -0.25) is 4.79 Å². The topological polar surface area (TPSA) is 38.3 Å². The molecule has 14 heavy (non-hydrogen) atoms. The lowest BCUT2D eigenvalue weighted by Crippen LogP contribution is -2.45. The van der Waals surface area contributed by atoms with E-state index in [4.69, 9.17) is 4.74 Å². The largest absolute Gasteiger partial charge is 0.469 e. The van der Waals surface area contributed by atoms with Gasteiger partial charge in [0.05, 0.1) is 13.0 Å². The van der Waals surface area contributed by atoms with Gasteiger partial charge in [-0.15, -0.1) is 0 Å². The molecule has 0 aromatic rings. The van der Waals surface area contributed by atoms with Crippen molar-refractivity contribution in [1.29, 1.82) is 0 Å². The van der Waals surface area contributed by atoms with E-state index in [1.165, 1.54) is 13.5 Å². The van der Waals surface area contributed by atoms with Crippen LogP contribution in [0.5, 0.6) is 0 Å². The summed E-state index contributed by atoms with van der Waals surface area (Å²) in [7, 11) is 1.48. The van der Waals surface area contributed by atoms with Crippen molar-refractivity contribution in [3.05, 3.63) is 0 Å². The minimum atomic E-state index is -0.0529. The monoisotopic (exact) mass is 199 g/mol. The summed E-state index contributed by atoms with van der Waals surface area (Å²) < 4.78 is 4.82. The molecule has 82 valence electrons. The maximum atomic E-state index is 11.5. The first-order valence-corrected chi connectivity index (χ1v) is 5.49. The Hall–Kier alpha value is -0.570. The first kappa shape index (κ1) is 11.5. The zero-order valence-corrected chi connectivity index (χ0v) is 9.38. The molecule has 0 radical (unpaired) electrons. The number of carbonyl (C=O) groups is 1. The Morgan fingerprint density at radius 2 is 2.00 bits per heavy atom. The zero-order valence-electron chi connectivity index (χ0n) is 9.38. The Balaban J connectivity index is 2.54. The molecule has 0 amide bonds. The third kappa shape index (κ3) is 2.98. The summed E-state index contributed by atoms with van der Waals surface area (Å²) in [5, 5.41) is 3.45. The fourth-order valence-corrected chi connectivity index (χ4v) is 2.19. The van der Waals surface area contributed by atoms with Crippen LogP contribution in [0.4, 0.5) is 0 Å². The smallest absolute Gasteiger partial charge is 0.310 e. The normalized spacial score (nSPS) is 27.7. The van der Waals surface area contributed by atoms with Crippen molar-refractivity contribution in [2.24, 2.45) is 5.92 Å². The number of methoxy groups -OCH3 is 1. The Labute approximate surface area is 86.2 Å². The fraction of sp³-hybridized carbons (Fsp3) is 0.909. The van der Waals surface area contributed by atoms with Crippen LogP contribution in [0.2, 0.25) is 0 Å². The van der Waals surface area contributed by atoms with Crippen LogP contribution in [0, 0.1) is 5.92 Å². The van der Waals surface area contributed by atoms with E-state index in [9.17, 15) is 4.79 Å². The number of esters is 1. The first-order chi connectivity index (χ1) is 6.65. The van der Waals surface area contributed by atoms with Gasteiger partial charge in [-0.2, -0.15) is 0 Å². The average Bonchev–Trinajstić information content (AvgIpc) is 2.16. The summed E-state index contributed by atoms with van der Waals surface area (Å²) >= 11 is 0. The van der Waals surface area contributed by atoms with Gasteiger partial charge in [0.2, 0.25) is 0 Å². The molecular formula is C11H21NO2. The summed E-state index contributed by atoms with van der Waals surface area (Å²) in [5.41, 5.74) is 0. The quantitative estimate of drug-likeness (QED) is 0.703. The standard InChI is InChI=1S/C11H21NO2/c1-8(2)12-10-7-5-4-6-9(10)11(13)14-3/h8-10,12H,4-7H2,1-3H3. The van der Waals surface area contributed by atoms with Crippen LogP contribution in [0.25, 0.3) is 0 Å². The van der Waals surface area contributed by atoms with Crippen LogP contribution in [0.3, 0.4) is 0 Å². The van der Waals surface area contributed by atoms with Crippen molar-refractivity contribution in [2.75, 3.05) is 7.11 Å². The highest BCUT2D eigenvalue weighted by Gasteiger charge is 2.31. The number of ether oxygens (including phenoxy) is 1. The van der Waals surface area contributed by atoms with Gasteiger partial charge in [-0.25, -0.2) is 0 Å². The van der Waals surface area contributed by atoms with Crippen LogP contribution in [-0.2, 0) is 9.53 Å². The highest BCUT2D eigenvalue weighted by Crippen LogP contribution is 2.25. The summed E-state index contributed by atoms with van der Waals surface area (Å²) in [4.78, 5) is 11.5. The van der Waals surface area contributed by atoms with E-state index < -0.39 is 0 Å². The average molecular weight is 199 g/mol. The molecule has 0 bridgehead atoms. The SMILES string of the molecule is COC(=O)C1CCCCC1NC(C)C. The van der Waals surface area contributed by atoms with Crippen molar-refractivity contribution in [2.45, 2.75) is 51.6 Å². The Morgan fingerprint density at radius 1 is 1.36 bits per heavy atom. The summed E-state index contributed by atoms with van der Waals surface area (Å²) in [6, 6.07) is 0.751. The Bertz CT molecular complexity index is 192. The van der Waals surface area contributed by atoms with E-state index in [0.29, 0.717) is 12.1 Å². The molecule has 1 N–H and O–H groups in total. The molecule has 1 aliphatic carbocycles. The third-order valence-electron chi connectivity index (χ3n) is 2.82. The van der Waals surface area contributed by atoms with Crippen molar-refractivity contribution < 1.29 is 9.53 Å². The van der Waals surface area contributed by atoms with Crippen molar-refractivity contribution >= 4 is 5.97 Å². The van der Waals surface area contributed by atoms with E-state index in [0.717, 1.165) is 19.3 Å². The van der Waals surface area contributed by atoms with Gasteiger partial charge in [0.15, 0.2) is 0 Å². The molecule has 0 saturated heterocycles. The van der Waals surface area contributed by atoms with Gasteiger partial charge < -0.3 is 10.1 Å². The van der Waals surface area contributed by atoms with E-state index >= 15 is 0 Å². The second-order valence-corrected chi connectivity index (χ2v) is 4.34. The number of hydrogen-bond donors (Lipinski definition) is 1. The lowest BCUT2D eigenvalue weighted by molar-refractivity contribution is -0.147. The molecule has 0 aliphatic heterocycles. The van der Waals surface area contributed by atoms with Crippen LogP contribution < -0.4 is 5.32 Å². The molecule has 2 atom stereocenters. The molecule has 0 heterocycles. The number of nitrogens with one attached hydrogen (secondary N) is 1. The fourth-order valence-electron chi connectivity index (χ4n) is 2.19. The summed E-state index contributed by atoms with van der Waals surface area (Å²) in [6.45, 7) is 4.23. The molecule has 0 aromatic heterocycles. The minimum Gasteiger partial charge on any atom is -0.469 e. The van der Waals surface area contributed by atoms with Gasteiger partial charge >= 0.3 is 5.97 Å². The summed E-state index contributed by atoms with van der Waals surface area (Å²) in [6.07, 6.45) is 4.43. The maximum absolute atomic E-state index is 11.5. The van der Waals surface area contributed by atoms with Crippen LogP contribution in [-0.4, -0.2) is 25.2 Å². The van der Waals surface area contributed by atoms with Crippen LogP contribution >= 0.6 is 0 Å². The van der Waals surface area contributed by atoms with Crippen LogP contribution in [0.15, 0.2) is 0 Å². The zero-order chi connectivity index (χ0) is 10.6. The number of hydrogen-bond acceptors (Lipinski definition) is 3. The maximum Gasteiger partial charge on any atom is 0.310 e.